The number of carbonyl (C=O) groups is 2. The van der Waals surface area contributed by atoms with Crippen LogP contribution in [0.15, 0.2) is 47.6 Å². The molecular weight excluding hydrogens is 366 g/mol. The molecule has 1 atom stereocenters. The van der Waals surface area contributed by atoms with Crippen LogP contribution in [-0.4, -0.2) is 49.5 Å². The molecule has 0 spiro atoms. The molecule has 146 valence electrons. The highest BCUT2D eigenvalue weighted by atomic mass is 16.6. The van der Waals surface area contributed by atoms with Crippen LogP contribution in [0, 0.1) is 0 Å². The van der Waals surface area contributed by atoms with Gasteiger partial charge in [-0.3, -0.25) is 9.59 Å². The minimum atomic E-state index is -0.837. The van der Waals surface area contributed by atoms with Gasteiger partial charge in [0.1, 0.15) is 6.61 Å². The van der Waals surface area contributed by atoms with Crippen molar-refractivity contribution in [3.8, 4) is 23.0 Å². The summed E-state index contributed by atoms with van der Waals surface area (Å²) in [6, 6.07) is 11.7. The molecule has 9 nitrogen and oxygen atoms in total. The maximum atomic E-state index is 12.1. The second-order valence-corrected chi connectivity index (χ2v) is 5.81. The van der Waals surface area contributed by atoms with Crippen molar-refractivity contribution in [1.82, 2.24) is 10.7 Å². The first-order valence-corrected chi connectivity index (χ1v) is 8.42. The van der Waals surface area contributed by atoms with Crippen LogP contribution >= 0.6 is 0 Å². The topological polar surface area (TPSA) is 118 Å². The molecule has 1 heterocycles. The van der Waals surface area contributed by atoms with Crippen molar-refractivity contribution in [3.05, 3.63) is 48.0 Å². The number of phenols is 1. The van der Waals surface area contributed by atoms with E-state index in [1.165, 1.54) is 19.4 Å². The number of nitrogens with zero attached hydrogens (tertiary/aromatic N) is 1. The van der Waals surface area contributed by atoms with E-state index in [1.807, 2.05) is 6.07 Å². The van der Waals surface area contributed by atoms with Crippen molar-refractivity contribution in [2.24, 2.45) is 5.10 Å². The lowest BCUT2D eigenvalue weighted by Gasteiger charge is -2.25. The molecular formula is C19H19N3O6. The van der Waals surface area contributed by atoms with Gasteiger partial charge in [0.2, 0.25) is 6.10 Å². The molecule has 0 fully saturated rings. The number of fused-ring (bicyclic) bond motifs is 1. The summed E-state index contributed by atoms with van der Waals surface area (Å²) in [6.45, 7) is -0.206. The highest BCUT2D eigenvalue weighted by Gasteiger charge is 2.27. The first-order chi connectivity index (χ1) is 13.6. The monoisotopic (exact) mass is 385 g/mol. The number of nitrogens with one attached hydrogen (secondary N) is 2. The minimum absolute atomic E-state index is 0.00272. The van der Waals surface area contributed by atoms with Gasteiger partial charge in [-0.05, 0) is 35.9 Å². The fraction of sp³-hybridized carbons (Fsp3) is 0.211. The Morgan fingerprint density at radius 3 is 2.86 bits per heavy atom. The number of carbonyl (C=O) groups excluding carboxylic acids is 2. The fourth-order valence-corrected chi connectivity index (χ4v) is 2.42. The predicted molar refractivity (Wildman–Crippen MR) is 99.8 cm³/mol. The van der Waals surface area contributed by atoms with Gasteiger partial charge in [-0.25, -0.2) is 5.43 Å². The number of ether oxygens (including phenoxy) is 3. The Hall–Kier alpha value is -3.75. The second kappa shape index (κ2) is 8.76. The summed E-state index contributed by atoms with van der Waals surface area (Å²) in [5, 5.41) is 15.8. The van der Waals surface area contributed by atoms with E-state index in [-0.39, 0.29) is 18.9 Å². The minimum Gasteiger partial charge on any atom is -0.504 e. The van der Waals surface area contributed by atoms with E-state index < -0.39 is 17.9 Å². The first kappa shape index (κ1) is 19.0. The molecule has 1 aliphatic heterocycles. The molecule has 0 radical (unpaired) electrons. The Kier molecular flexibility index (Phi) is 5.95. The summed E-state index contributed by atoms with van der Waals surface area (Å²) in [6.07, 6.45) is 0.548. The number of rotatable bonds is 6. The number of hydrazone groups is 1. The summed E-state index contributed by atoms with van der Waals surface area (Å²) >= 11 is 0. The van der Waals surface area contributed by atoms with Crippen LogP contribution in [0.25, 0.3) is 0 Å². The molecule has 2 amide bonds. The third kappa shape index (κ3) is 4.70. The van der Waals surface area contributed by atoms with Gasteiger partial charge in [0.15, 0.2) is 23.0 Å². The Labute approximate surface area is 160 Å². The standard InChI is InChI=1S/C19H19N3O6/c1-26-16-8-12(6-7-13(16)23)9-21-22-18(24)10-20-19(25)17-11-27-14-4-2-3-5-15(14)28-17/h2-9,17,23H,10-11H2,1H3,(H,20,25)(H,22,24)/b21-9-/t17-/m1/s1. The van der Waals surface area contributed by atoms with Crippen LogP contribution in [0.3, 0.4) is 0 Å². The summed E-state index contributed by atoms with van der Waals surface area (Å²) in [4.78, 5) is 24.0. The van der Waals surface area contributed by atoms with Crippen molar-refractivity contribution in [2.75, 3.05) is 20.3 Å². The summed E-state index contributed by atoms with van der Waals surface area (Å²) in [5.74, 6) is 0.378. The normalized spacial score (nSPS) is 15.1. The second-order valence-electron chi connectivity index (χ2n) is 5.81. The van der Waals surface area contributed by atoms with Gasteiger partial charge in [-0.15, -0.1) is 0 Å². The van der Waals surface area contributed by atoms with Crippen molar-refractivity contribution in [1.29, 1.82) is 0 Å². The van der Waals surface area contributed by atoms with E-state index in [0.29, 0.717) is 22.8 Å². The smallest absolute Gasteiger partial charge is 0.265 e. The molecule has 0 bridgehead atoms. The van der Waals surface area contributed by atoms with Gasteiger partial charge in [0.05, 0.1) is 19.9 Å². The van der Waals surface area contributed by atoms with Gasteiger partial charge in [0, 0.05) is 0 Å². The Balaban J connectivity index is 1.45. The lowest BCUT2D eigenvalue weighted by atomic mass is 10.2. The van der Waals surface area contributed by atoms with Crippen LogP contribution in [-0.2, 0) is 9.59 Å². The van der Waals surface area contributed by atoms with Crippen molar-refractivity contribution >= 4 is 18.0 Å². The fourth-order valence-electron chi connectivity index (χ4n) is 2.42. The van der Waals surface area contributed by atoms with Crippen LogP contribution in [0.1, 0.15) is 5.56 Å². The van der Waals surface area contributed by atoms with Crippen molar-refractivity contribution < 1.29 is 28.9 Å². The zero-order valence-corrected chi connectivity index (χ0v) is 15.0. The first-order valence-electron chi connectivity index (χ1n) is 8.42. The van der Waals surface area contributed by atoms with E-state index in [9.17, 15) is 14.7 Å². The molecule has 9 heteroatoms. The molecule has 0 aromatic heterocycles. The number of aromatic hydroxyl groups is 1. The molecule has 2 aromatic carbocycles. The van der Waals surface area contributed by atoms with E-state index in [2.05, 4.69) is 15.8 Å². The van der Waals surface area contributed by atoms with E-state index in [1.54, 1.807) is 30.3 Å². The van der Waals surface area contributed by atoms with E-state index >= 15 is 0 Å². The molecule has 0 unspecified atom stereocenters. The number of amides is 2. The quantitative estimate of drug-likeness (QED) is 0.500. The van der Waals surface area contributed by atoms with Crippen LogP contribution in [0.4, 0.5) is 0 Å². The van der Waals surface area contributed by atoms with Gasteiger partial charge in [-0.2, -0.15) is 5.10 Å². The molecule has 3 rings (SSSR count). The number of benzene rings is 2. The number of phenolic OH excluding ortho intramolecular Hbond substituents is 1. The SMILES string of the molecule is COc1cc(/C=N\NC(=O)CNC(=O)[C@H]2COc3ccccc3O2)ccc1O. The van der Waals surface area contributed by atoms with Crippen LogP contribution < -0.4 is 25.0 Å². The molecule has 2 aromatic rings. The predicted octanol–water partition coefficient (Wildman–Crippen LogP) is 0.807. The van der Waals surface area contributed by atoms with Crippen LogP contribution in [0.2, 0.25) is 0 Å². The van der Waals surface area contributed by atoms with Gasteiger partial charge in [-0.1, -0.05) is 12.1 Å². The summed E-state index contributed by atoms with van der Waals surface area (Å²) < 4.78 is 16.0. The van der Waals surface area contributed by atoms with Gasteiger partial charge >= 0.3 is 0 Å². The zero-order valence-electron chi connectivity index (χ0n) is 15.0. The Morgan fingerprint density at radius 1 is 1.29 bits per heavy atom. The average Bonchev–Trinajstić information content (AvgIpc) is 2.72. The average molecular weight is 385 g/mol. The number of methoxy groups -OCH3 is 1. The number of hydrogen-bond donors (Lipinski definition) is 3. The Morgan fingerprint density at radius 2 is 2.07 bits per heavy atom. The summed E-state index contributed by atoms with van der Waals surface area (Å²) in [5.41, 5.74) is 2.91. The molecule has 1 aliphatic rings. The molecule has 0 saturated heterocycles. The third-order valence-electron chi connectivity index (χ3n) is 3.83. The third-order valence-corrected chi connectivity index (χ3v) is 3.83. The molecule has 28 heavy (non-hydrogen) atoms. The van der Waals surface area contributed by atoms with E-state index in [4.69, 9.17) is 14.2 Å². The van der Waals surface area contributed by atoms with Crippen molar-refractivity contribution in [2.45, 2.75) is 6.10 Å². The summed E-state index contributed by atoms with van der Waals surface area (Å²) in [7, 11) is 1.43. The molecule has 0 saturated carbocycles. The Bertz CT molecular complexity index is 899. The van der Waals surface area contributed by atoms with Crippen LogP contribution in [0.5, 0.6) is 23.0 Å². The lowest BCUT2D eigenvalue weighted by molar-refractivity contribution is -0.132. The zero-order chi connectivity index (χ0) is 19.9. The van der Waals surface area contributed by atoms with Gasteiger partial charge in [0.25, 0.3) is 11.8 Å². The largest absolute Gasteiger partial charge is 0.504 e. The number of hydrogen-bond acceptors (Lipinski definition) is 7. The number of para-hydroxylation sites is 2. The molecule has 0 aliphatic carbocycles. The van der Waals surface area contributed by atoms with E-state index in [0.717, 1.165) is 0 Å². The highest BCUT2D eigenvalue weighted by Crippen LogP contribution is 2.30. The maximum Gasteiger partial charge on any atom is 0.265 e. The maximum absolute atomic E-state index is 12.1. The molecule has 3 N–H and O–H groups in total. The van der Waals surface area contributed by atoms with Crippen molar-refractivity contribution in [3.63, 3.8) is 0 Å². The highest BCUT2D eigenvalue weighted by molar-refractivity contribution is 5.88. The van der Waals surface area contributed by atoms with Gasteiger partial charge < -0.3 is 24.6 Å². The lowest BCUT2D eigenvalue weighted by Crippen LogP contribution is -2.46.